The standard InChI is InChI=1S/C18H18F3N5O/c1-11(2)25-6-5-12-9-13(3-4-14(12)25)16(27)24-7-8-26-15(10-24)22-23-17(26)18(19,20)21/h3-6,9,11H,7-8,10H2,1-2H3. The van der Waals surface area contributed by atoms with Crippen LogP contribution in [-0.2, 0) is 19.3 Å². The van der Waals surface area contributed by atoms with E-state index in [0.29, 0.717) is 11.6 Å². The molecule has 0 unspecified atom stereocenters. The molecule has 3 heterocycles. The van der Waals surface area contributed by atoms with E-state index >= 15 is 0 Å². The van der Waals surface area contributed by atoms with Crippen molar-refractivity contribution in [2.45, 2.75) is 39.2 Å². The topological polar surface area (TPSA) is 56.0 Å². The molecule has 2 aromatic heterocycles. The van der Waals surface area contributed by atoms with Gasteiger partial charge in [0.25, 0.3) is 5.91 Å². The highest BCUT2D eigenvalue weighted by Crippen LogP contribution is 2.30. The summed E-state index contributed by atoms with van der Waals surface area (Å²) in [5, 5.41) is 7.81. The number of carbonyl (C=O) groups is 1. The van der Waals surface area contributed by atoms with E-state index in [1.165, 1.54) is 4.90 Å². The third-order valence-electron chi connectivity index (χ3n) is 4.82. The predicted molar refractivity (Wildman–Crippen MR) is 92.1 cm³/mol. The fourth-order valence-corrected chi connectivity index (χ4v) is 3.47. The van der Waals surface area contributed by atoms with Gasteiger partial charge in [0.15, 0.2) is 5.82 Å². The van der Waals surface area contributed by atoms with E-state index < -0.39 is 12.0 Å². The Morgan fingerprint density at radius 2 is 1.93 bits per heavy atom. The van der Waals surface area contributed by atoms with Gasteiger partial charge in [0.2, 0.25) is 5.82 Å². The molecule has 1 aliphatic rings. The fraction of sp³-hybridized carbons (Fsp3) is 0.389. The molecule has 0 radical (unpaired) electrons. The molecule has 0 spiro atoms. The Labute approximate surface area is 153 Å². The maximum atomic E-state index is 12.9. The molecule has 1 aliphatic heterocycles. The van der Waals surface area contributed by atoms with E-state index in [1.807, 2.05) is 24.4 Å². The summed E-state index contributed by atoms with van der Waals surface area (Å²) in [5.41, 5.74) is 1.54. The number of carbonyl (C=O) groups excluding carboxylic acids is 1. The minimum Gasteiger partial charge on any atom is -0.345 e. The van der Waals surface area contributed by atoms with Crippen LogP contribution in [0, 0.1) is 0 Å². The quantitative estimate of drug-likeness (QED) is 0.687. The number of hydrogen-bond donors (Lipinski definition) is 0. The maximum Gasteiger partial charge on any atom is 0.451 e. The highest BCUT2D eigenvalue weighted by atomic mass is 19.4. The maximum absolute atomic E-state index is 12.9. The lowest BCUT2D eigenvalue weighted by Crippen LogP contribution is -2.39. The fourth-order valence-electron chi connectivity index (χ4n) is 3.47. The largest absolute Gasteiger partial charge is 0.451 e. The summed E-state index contributed by atoms with van der Waals surface area (Å²) < 4.78 is 41.9. The van der Waals surface area contributed by atoms with Crippen LogP contribution in [0.5, 0.6) is 0 Å². The molecule has 27 heavy (non-hydrogen) atoms. The van der Waals surface area contributed by atoms with E-state index in [1.54, 1.807) is 6.07 Å². The number of fused-ring (bicyclic) bond motifs is 2. The molecule has 0 aliphatic carbocycles. The molecule has 4 rings (SSSR count). The highest BCUT2D eigenvalue weighted by molar-refractivity contribution is 5.98. The number of benzene rings is 1. The molecule has 9 heteroatoms. The molecule has 1 aromatic carbocycles. The van der Waals surface area contributed by atoms with Crippen LogP contribution in [0.25, 0.3) is 10.9 Å². The summed E-state index contributed by atoms with van der Waals surface area (Å²) in [5.74, 6) is -1.09. The van der Waals surface area contributed by atoms with Crippen molar-refractivity contribution < 1.29 is 18.0 Å². The average molecular weight is 377 g/mol. The van der Waals surface area contributed by atoms with E-state index in [0.717, 1.165) is 15.5 Å². The van der Waals surface area contributed by atoms with Gasteiger partial charge in [0.1, 0.15) is 0 Å². The van der Waals surface area contributed by atoms with Gasteiger partial charge in [-0.15, -0.1) is 10.2 Å². The summed E-state index contributed by atoms with van der Waals surface area (Å²) >= 11 is 0. The number of amides is 1. The Balaban J connectivity index is 1.59. The number of aromatic nitrogens is 4. The Bertz CT molecular complexity index is 1020. The minimum absolute atomic E-state index is 0.00690. The van der Waals surface area contributed by atoms with Crippen molar-refractivity contribution >= 4 is 16.8 Å². The second kappa shape index (κ2) is 6.11. The van der Waals surface area contributed by atoms with Gasteiger partial charge in [0.05, 0.1) is 6.54 Å². The molecule has 3 aromatic rings. The Morgan fingerprint density at radius 1 is 1.15 bits per heavy atom. The Kier molecular flexibility index (Phi) is 3.97. The van der Waals surface area contributed by atoms with Gasteiger partial charge < -0.3 is 14.0 Å². The molecule has 0 saturated heterocycles. The third kappa shape index (κ3) is 2.96. The molecule has 0 fully saturated rings. The van der Waals surface area contributed by atoms with Gasteiger partial charge >= 0.3 is 6.18 Å². The third-order valence-corrected chi connectivity index (χ3v) is 4.82. The van der Waals surface area contributed by atoms with Crippen LogP contribution in [0.15, 0.2) is 30.5 Å². The summed E-state index contributed by atoms with van der Waals surface area (Å²) in [4.78, 5) is 14.3. The van der Waals surface area contributed by atoms with E-state index in [9.17, 15) is 18.0 Å². The van der Waals surface area contributed by atoms with Crippen LogP contribution in [0.2, 0.25) is 0 Å². The van der Waals surface area contributed by atoms with Crippen LogP contribution in [-0.4, -0.2) is 36.7 Å². The highest BCUT2D eigenvalue weighted by Gasteiger charge is 2.40. The van der Waals surface area contributed by atoms with Gasteiger partial charge in [-0.05, 0) is 38.1 Å². The molecular weight excluding hydrogens is 359 g/mol. The van der Waals surface area contributed by atoms with E-state index in [4.69, 9.17) is 0 Å². The van der Waals surface area contributed by atoms with E-state index in [-0.39, 0.29) is 31.4 Å². The second-order valence-electron chi connectivity index (χ2n) is 6.91. The first-order chi connectivity index (χ1) is 12.8. The normalized spacial score (nSPS) is 14.8. The second-order valence-corrected chi connectivity index (χ2v) is 6.91. The van der Waals surface area contributed by atoms with Crippen molar-refractivity contribution in [2.24, 2.45) is 0 Å². The van der Waals surface area contributed by atoms with Gasteiger partial charge in [0, 0.05) is 41.8 Å². The summed E-state index contributed by atoms with van der Waals surface area (Å²) in [6.45, 7) is 4.37. The molecule has 1 amide bonds. The Morgan fingerprint density at radius 3 is 2.63 bits per heavy atom. The summed E-state index contributed by atoms with van der Waals surface area (Å²) in [6.07, 6.45) is -2.57. The van der Waals surface area contributed by atoms with Crippen molar-refractivity contribution in [3.8, 4) is 0 Å². The van der Waals surface area contributed by atoms with Crippen LogP contribution >= 0.6 is 0 Å². The van der Waals surface area contributed by atoms with Gasteiger partial charge in [-0.2, -0.15) is 13.2 Å². The molecule has 6 nitrogen and oxygen atoms in total. The van der Waals surface area contributed by atoms with Crippen molar-refractivity contribution in [1.82, 2.24) is 24.2 Å². The molecule has 0 atom stereocenters. The van der Waals surface area contributed by atoms with Crippen LogP contribution in [0.1, 0.15) is 41.9 Å². The smallest absolute Gasteiger partial charge is 0.345 e. The summed E-state index contributed by atoms with van der Waals surface area (Å²) in [6, 6.07) is 7.73. The SMILES string of the molecule is CC(C)n1ccc2cc(C(=O)N3CCn4c(nnc4C(F)(F)F)C3)ccc21. The first kappa shape index (κ1) is 17.6. The average Bonchev–Trinajstić information content (AvgIpc) is 3.23. The zero-order valence-corrected chi connectivity index (χ0v) is 14.9. The molecular formula is C18H18F3N5O. The zero-order valence-electron chi connectivity index (χ0n) is 14.9. The van der Waals surface area contributed by atoms with Crippen molar-refractivity contribution in [3.05, 3.63) is 47.7 Å². The molecule has 0 bridgehead atoms. The molecule has 0 N–H and O–H groups in total. The first-order valence-corrected chi connectivity index (χ1v) is 8.65. The number of alkyl halides is 3. The van der Waals surface area contributed by atoms with Gasteiger partial charge in [-0.1, -0.05) is 0 Å². The number of hydrogen-bond acceptors (Lipinski definition) is 3. The lowest BCUT2D eigenvalue weighted by Gasteiger charge is -2.28. The van der Waals surface area contributed by atoms with Crippen molar-refractivity contribution in [3.63, 3.8) is 0 Å². The molecule has 142 valence electrons. The number of halogens is 3. The molecule has 0 saturated carbocycles. The number of rotatable bonds is 2. The summed E-state index contributed by atoms with van der Waals surface area (Å²) in [7, 11) is 0. The number of nitrogens with zero attached hydrogens (tertiary/aromatic N) is 5. The van der Waals surface area contributed by atoms with E-state index in [2.05, 4.69) is 28.6 Å². The van der Waals surface area contributed by atoms with Crippen LogP contribution < -0.4 is 0 Å². The lowest BCUT2D eigenvalue weighted by molar-refractivity contribution is -0.147. The first-order valence-electron chi connectivity index (χ1n) is 8.65. The van der Waals surface area contributed by atoms with Crippen molar-refractivity contribution in [1.29, 1.82) is 0 Å². The predicted octanol–water partition coefficient (Wildman–Crippen LogP) is 3.49. The zero-order chi connectivity index (χ0) is 19.3. The van der Waals surface area contributed by atoms with Gasteiger partial charge in [-0.3, -0.25) is 4.79 Å². The minimum atomic E-state index is -4.55. The Hall–Kier alpha value is -2.84. The monoisotopic (exact) mass is 377 g/mol. The van der Waals surface area contributed by atoms with Crippen LogP contribution in [0.4, 0.5) is 13.2 Å². The van der Waals surface area contributed by atoms with Crippen molar-refractivity contribution in [2.75, 3.05) is 6.54 Å². The lowest BCUT2D eigenvalue weighted by atomic mass is 10.1. The van der Waals surface area contributed by atoms with Gasteiger partial charge in [-0.25, -0.2) is 0 Å². The van der Waals surface area contributed by atoms with Crippen LogP contribution in [0.3, 0.4) is 0 Å².